The number of aromatic nitrogens is 3. The van der Waals surface area contributed by atoms with Gasteiger partial charge in [-0.1, -0.05) is 54.1 Å². The van der Waals surface area contributed by atoms with Gasteiger partial charge in [-0.05, 0) is 31.5 Å². The van der Waals surface area contributed by atoms with Crippen molar-refractivity contribution in [3.8, 4) is 22.4 Å². The molecule has 6 heteroatoms. The highest BCUT2D eigenvalue weighted by Gasteiger charge is 2.22. The summed E-state index contributed by atoms with van der Waals surface area (Å²) in [5.74, 6) is -0.419. The molecule has 0 N–H and O–H groups in total. The van der Waals surface area contributed by atoms with E-state index in [1.54, 1.807) is 17.6 Å². The van der Waals surface area contributed by atoms with Gasteiger partial charge in [0.2, 0.25) is 0 Å². The molecule has 0 radical (unpaired) electrons. The van der Waals surface area contributed by atoms with E-state index in [0.29, 0.717) is 28.5 Å². The Labute approximate surface area is 167 Å². The van der Waals surface area contributed by atoms with Crippen molar-refractivity contribution in [3.63, 3.8) is 0 Å². The van der Waals surface area contributed by atoms with Crippen molar-refractivity contribution >= 4 is 23.2 Å². The van der Waals surface area contributed by atoms with Crippen LogP contribution in [0, 0.1) is 6.92 Å². The Morgan fingerprint density at radius 2 is 1.79 bits per heavy atom. The Kier molecular flexibility index (Phi) is 4.84. The van der Waals surface area contributed by atoms with Crippen molar-refractivity contribution in [3.05, 3.63) is 77.1 Å². The van der Waals surface area contributed by atoms with E-state index in [1.165, 1.54) is 0 Å². The molecule has 0 fully saturated rings. The molecule has 5 nitrogen and oxygen atoms in total. The largest absolute Gasteiger partial charge is 0.462 e. The zero-order valence-corrected chi connectivity index (χ0v) is 16.3. The quantitative estimate of drug-likeness (QED) is 0.448. The van der Waals surface area contributed by atoms with Crippen molar-refractivity contribution in [2.24, 2.45) is 0 Å². The van der Waals surface area contributed by atoms with Gasteiger partial charge in [0.15, 0.2) is 5.65 Å². The van der Waals surface area contributed by atoms with Crippen LogP contribution < -0.4 is 0 Å². The van der Waals surface area contributed by atoms with E-state index in [9.17, 15) is 4.79 Å². The lowest BCUT2D eigenvalue weighted by molar-refractivity contribution is 0.0526. The fraction of sp³-hybridized carbons (Fsp3) is 0.136. The summed E-state index contributed by atoms with van der Waals surface area (Å²) >= 11 is 6.03. The predicted molar refractivity (Wildman–Crippen MR) is 110 cm³/mol. The number of hydrogen-bond donors (Lipinski definition) is 0. The van der Waals surface area contributed by atoms with Crippen LogP contribution in [-0.2, 0) is 4.74 Å². The number of rotatable bonds is 4. The Bertz CT molecular complexity index is 1150. The van der Waals surface area contributed by atoms with Gasteiger partial charge in [-0.3, -0.25) is 0 Å². The first-order chi connectivity index (χ1) is 13.6. The molecule has 28 heavy (non-hydrogen) atoms. The van der Waals surface area contributed by atoms with Gasteiger partial charge in [-0.2, -0.15) is 5.10 Å². The first-order valence-corrected chi connectivity index (χ1v) is 9.34. The minimum absolute atomic E-state index is 0.291. The van der Waals surface area contributed by atoms with E-state index < -0.39 is 5.97 Å². The van der Waals surface area contributed by atoms with E-state index in [2.05, 4.69) is 4.98 Å². The van der Waals surface area contributed by atoms with E-state index in [-0.39, 0.29) is 0 Å². The molecule has 4 aromatic rings. The minimum Gasteiger partial charge on any atom is -0.462 e. The van der Waals surface area contributed by atoms with Crippen molar-refractivity contribution < 1.29 is 9.53 Å². The summed E-state index contributed by atoms with van der Waals surface area (Å²) < 4.78 is 6.96. The van der Waals surface area contributed by atoms with Gasteiger partial charge in [-0.25, -0.2) is 14.3 Å². The smallest absolute Gasteiger partial charge is 0.341 e. The summed E-state index contributed by atoms with van der Waals surface area (Å²) in [4.78, 5) is 17.1. The standard InChI is InChI=1S/C22H18ClN3O2/c1-3-28-22(27)18-13-24-21-19(15-9-11-17(23)12-10-15)14(2)25-26(21)20(18)16-7-5-4-6-8-16/h4-13H,3H2,1-2H3. The first-order valence-electron chi connectivity index (χ1n) is 8.97. The molecular weight excluding hydrogens is 374 g/mol. The zero-order chi connectivity index (χ0) is 19.7. The molecule has 0 aliphatic rings. The highest BCUT2D eigenvalue weighted by Crippen LogP contribution is 2.32. The monoisotopic (exact) mass is 391 g/mol. The summed E-state index contributed by atoms with van der Waals surface area (Å²) in [6.07, 6.45) is 1.57. The maximum atomic E-state index is 12.6. The van der Waals surface area contributed by atoms with Gasteiger partial charge in [0.05, 0.1) is 18.0 Å². The number of ether oxygens (including phenoxy) is 1. The molecule has 0 aliphatic carbocycles. The molecule has 0 saturated carbocycles. The summed E-state index contributed by atoms with van der Waals surface area (Å²) in [5.41, 5.74) is 5.26. The van der Waals surface area contributed by atoms with Crippen LogP contribution in [0.1, 0.15) is 23.0 Å². The number of aryl methyl sites for hydroxylation is 1. The molecule has 0 aliphatic heterocycles. The lowest BCUT2D eigenvalue weighted by Gasteiger charge is -2.11. The van der Waals surface area contributed by atoms with Crippen LogP contribution in [-0.4, -0.2) is 27.2 Å². The van der Waals surface area contributed by atoms with Crippen LogP contribution in [0.3, 0.4) is 0 Å². The molecule has 140 valence electrons. The number of hydrogen-bond acceptors (Lipinski definition) is 4. The third-order valence-electron chi connectivity index (χ3n) is 4.49. The third-order valence-corrected chi connectivity index (χ3v) is 4.75. The molecular formula is C22H18ClN3O2. The second kappa shape index (κ2) is 7.44. The van der Waals surface area contributed by atoms with Crippen molar-refractivity contribution in [2.75, 3.05) is 6.61 Å². The number of halogens is 1. The average molecular weight is 392 g/mol. The number of benzene rings is 2. The number of esters is 1. The van der Waals surface area contributed by atoms with Gasteiger partial charge >= 0.3 is 5.97 Å². The zero-order valence-electron chi connectivity index (χ0n) is 15.5. The summed E-state index contributed by atoms with van der Waals surface area (Å²) in [6, 6.07) is 17.2. The first kappa shape index (κ1) is 18.2. The second-order valence-electron chi connectivity index (χ2n) is 6.31. The number of fused-ring (bicyclic) bond motifs is 1. The Morgan fingerprint density at radius 3 is 2.46 bits per heavy atom. The Balaban J connectivity index is 2.02. The van der Waals surface area contributed by atoms with Gasteiger partial charge in [0, 0.05) is 22.3 Å². The fourth-order valence-electron chi connectivity index (χ4n) is 3.28. The Morgan fingerprint density at radius 1 is 1.07 bits per heavy atom. The lowest BCUT2D eigenvalue weighted by atomic mass is 10.1. The van der Waals surface area contributed by atoms with Crippen LogP contribution in [0.25, 0.3) is 28.0 Å². The average Bonchev–Trinajstić information content (AvgIpc) is 3.04. The molecule has 0 bridgehead atoms. The summed E-state index contributed by atoms with van der Waals surface area (Å²) in [7, 11) is 0. The van der Waals surface area contributed by atoms with E-state index in [4.69, 9.17) is 21.4 Å². The third kappa shape index (κ3) is 3.14. The summed E-state index contributed by atoms with van der Waals surface area (Å²) in [6.45, 7) is 4.00. The maximum absolute atomic E-state index is 12.6. The van der Waals surface area contributed by atoms with Gasteiger partial charge in [0.1, 0.15) is 5.56 Å². The molecule has 0 saturated heterocycles. The van der Waals surface area contributed by atoms with E-state index >= 15 is 0 Å². The lowest BCUT2D eigenvalue weighted by Crippen LogP contribution is -2.11. The van der Waals surface area contributed by atoms with Crippen molar-refractivity contribution in [1.29, 1.82) is 0 Å². The summed E-state index contributed by atoms with van der Waals surface area (Å²) in [5, 5.41) is 5.37. The van der Waals surface area contributed by atoms with Gasteiger partial charge < -0.3 is 4.74 Å². The number of carbonyl (C=O) groups excluding carboxylic acids is 1. The topological polar surface area (TPSA) is 56.5 Å². The van der Waals surface area contributed by atoms with Crippen molar-refractivity contribution in [1.82, 2.24) is 14.6 Å². The molecule has 0 spiro atoms. The predicted octanol–water partition coefficient (Wildman–Crippen LogP) is 5.20. The Hall–Kier alpha value is -3.18. The minimum atomic E-state index is -0.419. The van der Waals surface area contributed by atoms with Crippen LogP contribution in [0.5, 0.6) is 0 Å². The van der Waals surface area contributed by atoms with Gasteiger partial charge in [0.25, 0.3) is 0 Å². The van der Waals surface area contributed by atoms with Crippen LogP contribution in [0.4, 0.5) is 0 Å². The van der Waals surface area contributed by atoms with Crippen LogP contribution in [0.15, 0.2) is 60.8 Å². The SMILES string of the molecule is CCOC(=O)c1cnc2c(-c3ccc(Cl)cc3)c(C)nn2c1-c1ccccc1. The number of carbonyl (C=O) groups is 1. The highest BCUT2D eigenvalue weighted by molar-refractivity contribution is 6.30. The normalized spacial score (nSPS) is 11.0. The molecule has 2 aromatic heterocycles. The van der Waals surface area contributed by atoms with E-state index in [1.807, 2.05) is 61.5 Å². The molecule has 0 atom stereocenters. The molecule has 0 amide bonds. The molecule has 2 aromatic carbocycles. The highest BCUT2D eigenvalue weighted by atomic mass is 35.5. The van der Waals surface area contributed by atoms with E-state index in [0.717, 1.165) is 22.4 Å². The number of nitrogens with zero attached hydrogens (tertiary/aromatic N) is 3. The molecule has 2 heterocycles. The second-order valence-corrected chi connectivity index (χ2v) is 6.75. The maximum Gasteiger partial charge on any atom is 0.341 e. The van der Waals surface area contributed by atoms with Gasteiger partial charge in [-0.15, -0.1) is 0 Å². The van der Waals surface area contributed by atoms with Crippen LogP contribution >= 0.6 is 11.6 Å². The van der Waals surface area contributed by atoms with Crippen LogP contribution in [0.2, 0.25) is 5.02 Å². The van der Waals surface area contributed by atoms with Crippen molar-refractivity contribution in [2.45, 2.75) is 13.8 Å². The fourth-order valence-corrected chi connectivity index (χ4v) is 3.40. The molecule has 4 rings (SSSR count). The molecule has 0 unspecified atom stereocenters.